The molecule has 2 aromatic rings. The standard InChI is InChI=1S/C16H18ClN3O/c1-16(2,3)14(21)9-20-15-10(7-18)8-19-13-5-4-11(17)6-12(13)15/h4-6,8,14,21H,9H2,1-3H3,(H,19,20). The van der Waals surface area contributed by atoms with Crippen LogP contribution in [-0.2, 0) is 0 Å². The molecule has 0 bridgehead atoms. The Morgan fingerprint density at radius 2 is 2.14 bits per heavy atom. The van der Waals surface area contributed by atoms with Gasteiger partial charge in [-0.2, -0.15) is 5.26 Å². The monoisotopic (exact) mass is 303 g/mol. The Labute approximate surface area is 129 Å². The summed E-state index contributed by atoms with van der Waals surface area (Å²) in [6, 6.07) is 7.46. The molecule has 4 nitrogen and oxygen atoms in total. The summed E-state index contributed by atoms with van der Waals surface area (Å²) in [5.74, 6) is 0. The van der Waals surface area contributed by atoms with E-state index in [1.807, 2.05) is 26.8 Å². The number of nitrogens with one attached hydrogen (secondary N) is 1. The lowest BCUT2D eigenvalue weighted by Gasteiger charge is -2.26. The summed E-state index contributed by atoms with van der Waals surface area (Å²) < 4.78 is 0. The Hall–Kier alpha value is -1.83. The molecule has 0 fully saturated rings. The second-order valence-corrected chi connectivity index (χ2v) is 6.52. The fourth-order valence-electron chi connectivity index (χ4n) is 1.94. The summed E-state index contributed by atoms with van der Waals surface area (Å²) in [5, 5.41) is 23.9. The predicted molar refractivity (Wildman–Crippen MR) is 85.4 cm³/mol. The first kappa shape index (κ1) is 15.6. The van der Waals surface area contributed by atoms with Gasteiger partial charge >= 0.3 is 0 Å². The first-order valence-corrected chi connectivity index (χ1v) is 7.11. The molecule has 110 valence electrons. The van der Waals surface area contributed by atoms with Gasteiger partial charge in [-0.05, 0) is 23.6 Å². The summed E-state index contributed by atoms with van der Waals surface area (Å²) in [4.78, 5) is 4.25. The molecule has 2 rings (SSSR count). The number of rotatable bonds is 3. The van der Waals surface area contributed by atoms with Crippen LogP contribution in [0.25, 0.3) is 10.9 Å². The lowest BCUT2D eigenvalue weighted by Crippen LogP contribution is -2.33. The molecule has 0 amide bonds. The molecule has 1 heterocycles. The van der Waals surface area contributed by atoms with E-state index >= 15 is 0 Å². The van der Waals surface area contributed by atoms with Gasteiger partial charge in [0, 0.05) is 23.2 Å². The van der Waals surface area contributed by atoms with Gasteiger partial charge in [0.2, 0.25) is 0 Å². The van der Waals surface area contributed by atoms with E-state index in [4.69, 9.17) is 11.6 Å². The van der Waals surface area contributed by atoms with Crippen molar-refractivity contribution in [2.24, 2.45) is 5.41 Å². The number of hydrogen-bond donors (Lipinski definition) is 2. The normalized spacial score (nSPS) is 13.0. The van der Waals surface area contributed by atoms with Crippen LogP contribution in [0.4, 0.5) is 5.69 Å². The van der Waals surface area contributed by atoms with Crippen LogP contribution in [0.3, 0.4) is 0 Å². The highest BCUT2D eigenvalue weighted by atomic mass is 35.5. The predicted octanol–water partition coefficient (Wildman–Crippen LogP) is 3.58. The van der Waals surface area contributed by atoms with Crippen molar-refractivity contribution in [3.8, 4) is 6.07 Å². The Kier molecular flexibility index (Phi) is 4.36. The van der Waals surface area contributed by atoms with Crippen LogP contribution in [0.1, 0.15) is 26.3 Å². The number of fused-ring (bicyclic) bond motifs is 1. The summed E-state index contributed by atoms with van der Waals surface area (Å²) in [5.41, 5.74) is 1.62. The minimum atomic E-state index is -0.536. The highest BCUT2D eigenvalue weighted by Gasteiger charge is 2.22. The van der Waals surface area contributed by atoms with Crippen molar-refractivity contribution in [3.63, 3.8) is 0 Å². The summed E-state index contributed by atoms with van der Waals surface area (Å²) in [6.45, 7) is 6.24. The quantitative estimate of drug-likeness (QED) is 0.909. The van der Waals surface area contributed by atoms with Crippen LogP contribution >= 0.6 is 11.6 Å². The van der Waals surface area contributed by atoms with E-state index < -0.39 is 6.10 Å². The minimum absolute atomic E-state index is 0.236. The van der Waals surface area contributed by atoms with Gasteiger partial charge in [-0.1, -0.05) is 32.4 Å². The van der Waals surface area contributed by atoms with Crippen molar-refractivity contribution in [3.05, 3.63) is 35.0 Å². The zero-order valence-corrected chi connectivity index (χ0v) is 13.1. The molecule has 0 spiro atoms. The first-order chi connectivity index (χ1) is 9.82. The number of aliphatic hydroxyl groups is 1. The van der Waals surface area contributed by atoms with Crippen molar-refractivity contribution in [1.82, 2.24) is 4.98 Å². The Morgan fingerprint density at radius 1 is 1.43 bits per heavy atom. The zero-order chi connectivity index (χ0) is 15.6. The minimum Gasteiger partial charge on any atom is -0.391 e. The van der Waals surface area contributed by atoms with Crippen molar-refractivity contribution in [2.45, 2.75) is 26.9 Å². The first-order valence-electron chi connectivity index (χ1n) is 6.73. The van der Waals surface area contributed by atoms with Crippen molar-refractivity contribution < 1.29 is 5.11 Å². The van der Waals surface area contributed by atoms with Crippen LogP contribution in [0.2, 0.25) is 5.02 Å². The number of nitrogens with zero attached hydrogens (tertiary/aromatic N) is 2. The van der Waals surface area contributed by atoms with Gasteiger partial charge in [0.05, 0.1) is 22.9 Å². The highest BCUT2D eigenvalue weighted by molar-refractivity contribution is 6.31. The lowest BCUT2D eigenvalue weighted by molar-refractivity contribution is 0.0746. The van der Waals surface area contributed by atoms with Crippen molar-refractivity contribution in [2.75, 3.05) is 11.9 Å². The molecular formula is C16H18ClN3O. The average molecular weight is 304 g/mol. The smallest absolute Gasteiger partial charge is 0.103 e. The molecular weight excluding hydrogens is 286 g/mol. The van der Waals surface area contributed by atoms with Gasteiger partial charge in [0.15, 0.2) is 0 Å². The molecule has 1 unspecified atom stereocenters. The van der Waals surface area contributed by atoms with Crippen LogP contribution in [0.5, 0.6) is 0 Å². The maximum atomic E-state index is 10.2. The molecule has 1 aromatic carbocycles. The van der Waals surface area contributed by atoms with E-state index in [0.29, 0.717) is 22.8 Å². The third-order valence-electron chi connectivity index (χ3n) is 3.42. The third kappa shape index (κ3) is 3.44. The maximum absolute atomic E-state index is 10.2. The molecule has 2 N–H and O–H groups in total. The number of aliphatic hydroxyl groups excluding tert-OH is 1. The van der Waals surface area contributed by atoms with E-state index in [9.17, 15) is 10.4 Å². The summed E-state index contributed by atoms with van der Waals surface area (Å²) >= 11 is 6.03. The molecule has 0 saturated carbocycles. The fourth-order valence-corrected chi connectivity index (χ4v) is 2.12. The van der Waals surface area contributed by atoms with E-state index in [1.54, 1.807) is 12.1 Å². The second kappa shape index (κ2) is 5.88. The fraction of sp³-hybridized carbons (Fsp3) is 0.375. The number of pyridine rings is 1. The van der Waals surface area contributed by atoms with Gasteiger partial charge in [-0.25, -0.2) is 0 Å². The largest absolute Gasteiger partial charge is 0.391 e. The van der Waals surface area contributed by atoms with Gasteiger partial charge in [0.1, 0.15) is 6.07 Å². The average Bonchev–Trinajstić information content (AvgIpc) is 2.43. The molecule has 1 atom stereocenters. The molecule has 5 heteroatoms. The molecule has 21 heavy (non-hydrogen) atoms. The SMILES string of the molecule is CC(C)(C)C(O)CNc1c(C#N)cnc2ccc(Cl)cc12. The number of benzene rings is 1. The van der Waals surface area contributed by atoms with E-state index in [0.717, 1.165) is 10.9 Å². The number of nitriles is 1. The number of hydrogen-bond acceptors (Lipinski definition) is 4. The topological polar surface area (TPSA) is 68.9 Å². The maximum Gasteiger partial charge on any atom is 0.103 e. The van der Waals surface area contributed by atoms with Gasteiger partial charge in [-0.3, -0.25) is 4.98 Å². The summed E-state index contributed by atoms with van der Waals surface area (Å²) in [6.07, 6.45) is 0.994. The van der Waals surface area contributed by atoms with E-state index in [-0.39, 0.29) is 5.41 Å². The Bertz CT molecular complexity index is 701. The van der Waals surface area contributed by atoms with Gasteiger partial charge in [-0.15, -0.1) is 0 Å². The Balaban J connectivity index is 2.41. The van der Waals surface area contributed by atoms with Crippen molar-refractivity contribution in [1.29, 1.82) is 5.26 Å². The second-order valence-electron chi connectivity index (χ2n) is 6.08. The molecule has 0 aliphatic carbocycles. The lowest BCUT2D eigenvalue weighted by atomic mass is 9.89. The zero-order valence-electron chi connectivity index (χ0n) is 12.3. The van der Waals surface area contributed by atoms with Crippen LogP contribution in [0.15, 0.2) is 24.4 Å². The van der Waals surface area contributed by atoms with Gasteiger partial charge < -0.3 is 10.4 Å². The van der Waals surface area contributed by atoms with E-state index in [2.05, 4.69) is 16.4 Å². The number of aromatic nitrogens is 1. The van der Waals surface area contributed by atoms with E-state index in [1.165, 1.54) is 6.20 Å². The number of anilines is 1. The molecule has 0 saturated heterocycles. The molecule has 0 radical (unpaired) electrons. The van der Waals surface area contributed by atoms with Crippen LogP contribution < -0.4 is 5.32 Å². The Morgan fingerprint density at radius 3 is 2.76 bits per heavy atom. The van der Waals surface area contributed by atoms with Gasteiger partial charge in [0.25, 0.3) is 0 Å². The van der Waals surface area contributed by atoms with Crippen molar-refractivity contribution >= 4 is 28.2 Å². The third-order valence-corrected chi connectivity index (χ3v) is 3.66. The highest BCUT2D eigenvalue weighted by Crippen LogP contribution is 2.29. The molecule has 0 aliphatic heterocycles. The summed E-state index contributed by atoms with van der Waals surface area (Å²) in [7, 11) is 0. The number of halogens is 1. The van der Waals surface area contributed by atoms with Crippen LogP contribution in [0, 0.1) is 16.7 Å². The molecule has 0 aliphatic rings. The molecule has 1 aromatic heterocycles. The van der Waals surface area contributed by atoms with Crippen LogP contribution in [-0.4, -0.2) is 22.7 Å².